The standard InChI is InChI=1S/C70H52N4O/c1-70(2,3)56-37-38-71-68(44-56)74-64-32-17-16-29-62(64)63-36-35-58(46-67(63)74)75-59-43-55(54-40-52(48-21-8-4-9-22-48)39-53(41-54)49-23-10-5-11-24-49)42-57(45-59)72-47-73(66-34-19-18-33-65(66)72)69-60(50-25-12-6-13-26-50)30-20-31-61(69)51-27-14-7-15-28-51/h4-46H,1-3H3. The van der Waals surface area contributed by atoms with Gasteiger partial charge in [-0.25, -0.2) is 4.98 Å². The Morgan fingerprint density at radius 3 is 1.57 bits per heavy atom. The Morgan fingerprint density at radius 1 is 0.413 bits per heavy atom. The minimum atomic E-state index is -0.0485. The molecule has 5 heteroatoms. The van der Waals surface area contributed by atoms with Crippen molar-refractivity contribution in [1.82, 2.24) is 14.1 Å². The average molecular weight is 965 g/mol. The van der Waals surface area contributed by atoms with Gasteiger partial charge in [-0.3, -0.25) is 13.7 Å². The molecule has 5 nitrogen and oxygen atoms in total. The van der Waals surface area contributed by atoms with Crippen molar-refractivity contribution in [3.63, 3.8) is 0 Å². The van der Waals surface area contributed by atoms with Gasteiger partial charge in [-0.2, -0.15) is 0 Å². The summed E-state index contributed by atoms with van der Waals surface area (Å²) in [4.78, 5) is 4.97. The first-order valence-corrected chi connectivity index (χ1v) is 25.6. The second-order valence-electron chi connectivity index (χ2n) is 20.2. The van der Waals surface area contributed by atoms with Crippen LogP contribution in [0.4, 0.5) is 0 Å². The fourth-order valence-corrected chi connectivity index (χ4v) is 10.6. The summed E-state index contributed by atoms with van der Waals surface area (Å²) < 4.78 is 13.9. The minimum Gasteiger partial charge on any atom is -0.458 e. The third kappa shape index (κ3) is 8.54. The van der Waals surface area contributed by atoms with Gasteiger partial charge in [-0.05, 0) is 133 Å². The Kier molecular flexibility index (Phi) is 11.3. The molecule has 0 aliphatic heterocycles. The fourth-order valence-electron chi connectivity index (χ4n) is 10.6. The number of fused-ring (bicyclic) bond motifs is 4. The van der Waals surface area contributed by atoms with E-state index in [2.05, 4.69) is 296 Å². The van der Waals surface area contributed by atoms with E-state index in [9.17, 15) is 0 Å². The molecule has 0 saturated carbocycles. The average Bonchev–Trinajstić information content (AvgIpc) is 4.03. The monoisotopic (exact) mass is 964 g/mol. The van der Waals surface area contributed by atoms with Gasteiger partial charge in [-0.1, -0.05) is 203 Å². The number of aromatic nitrogens is 4. The maximum absolute atomic E-state index is 7.20. The molecule has 0 aliphatic carbocycles. The first-order valence-electron chi connectivity index (χ1n) is 25.6. The van der Waals surface area contributed by atoms with Gasteiger partial charge < -0.3 is 4.74 Å². The summed E-state index contributed by atoms with van der Waals surface area (Å²) in [7, 11) is 0. The van der Waals surface area contributed by atoms with Crippen LogP contribution in [0.15, 0.2) is 261 Å². The first-order chi connectivity index (χ1) is 36.8. The molecule has 0 unspecified atom stereocenters. The van der Waals surface area contributed by atoms with E-state index < -0.39 is 0 Å². The highest BCUT2D eigenvalue weighted by Crippen LogP contribution is 2.41. The van der Waals surface area contributed by atoms with E-state index in [1.54, 1.807) is 0 Å². The quantitative estimate of drug-likeness (QED) is 0.101. The lowest BCUT2D eigenvalue weighted by Gasteiger charge is -2.20. The smallest absolute Gasteiger partial charge is 0.269 e. The van der Waals surface area contributed by atoms with Crippen molar-refractivity contribution >= 4 is 32.8 Å². The molecule has 358 valence electrons. The van der Waals surface area contributed by atoms with Crippen LogP contribution in [0.1, 0.15) is 26.3 Å². The van der Waals surface area contributed by atoms with Gasteiger partial charge >= 0.3 is 0 Å². The first kappa shape index (κ1) is 45.3. The zero-order valence-corrected chi connectivity index (χ0v) is 42.0. The highest BCUT2D eigenvalue weighted by molar-refractivity contribution is 6.09. The van der Waals surface area contributed by atoms with E-state index in [4.69, 9.17) is 9.72 Å². The molecular formula is C70H52N4O. The van der Waals surface area contributed by atoms with Crippen LogP contribution in [-0.2, 0) is 5.41 Å². The fraction of sp³-hybridized carbons (Fsp3) is 0.0571. The summed E-state index contributed by atoms with van der Waals surface area (Å²) in [6.45, 7) is 6.73. The van der Waals surface area contributed by atoms with Crippen molar-refractivity contribution in [2.24, 2.45) is 0 Å². The van der Waals surface area contributed by atoms with Crippen LogP contribution in [0, 0.1) is 6.33 Å². The third-order valence-electron chi connectivity index (χ3n) is 14.3. The molecule has 0 saturated heterocycles. The summed E-state index contributed by atoms with van der Waals surface area (Å²) in [6, 6.07) is 90.6. The summed E-state index contributed by atoms with van der Waals surface area (Å²) >= 11 is 0. The summed E-state index contributed by atoms with van der Waals surface area (Å²) in [5.74, 6) is 2.27. The maximum atomic E-state index is 7.20. The number of hydrogen-bond acceptors (Lipinski definition) is 2. The molecule has 0 aliphatic rings. The molecule has 0 atom stereocenters. The van der Waals surface area contributed by atoms with Crippen LogP contribution in [0.2, 0.25) is 0 Å². The van der Waals surface area contributed by atoms with E-state index in [-0.39, 0.29) is 5.41 Å². The largest absolute Gasteiger partial charge is 0.458 e. The van der Waals surface area contributed by atoms with Crippen molar-refractivity contribution < 1.29 is 9.30 Å². The van der Waals surface area contributed by atoms with Crippen LogP contribution >= 0.6 is 0 Å². The van der Waals surface area contributed by atoms with Crippen molar-refractivity contribution in [3.8, 4) is 84.3 Å². The molecule has 13 rings (SSSR count). The molecule has 0 amide bonds. The summed E-state index contributed by atoms with van der Waals surface area (Å²) in [5, 5.41) is 2.29. The Labute approximate surface area is 437 Å². The van der Waals surface area contributed by atoms with Gasteiger partial charge in [-0.15, -0.1) is 0 Å². The van der Waals surface area contributed by atoms with Crippen LogP contribution < -0.4 is 9.30 Å². The SMILES string of the molecule is CC(C)(C)c1ccnc(-n2c3ccccc3c3ccc(Oc4cc(-c5cc(-c6ccccc6)cc(-c6ccccc6)c5)cc(-n5[c-][n+](-c6c(-c7ccccc7)cccc6-c6ccccc6)c6ccccc65)c4)cc32)c1. The van der Waals surface area contributed by atoms with Crippen LogP contribution in [0.3, 0.4) is 0 Å². The number of benzene rings is 10. The van der Waals surface area contributed by atoms with E-state index in [0.717, 1.165) is 106 Å². The van der Waals surface area contributed by atoms with Gasteiger partial charge in [0, 0.05) is 23.0 Å². The lowest BCUT2D eigenvalue weighted by Crippen LogP contribution is -2.31. The predicted molar refractivity (Wildman–Crippen MR) is 308 cm³/mol. The Balaban J connectivity index is 1.03. The van der Waals surface area contributed by atoms with Gasteiger partial charge in [0.15, 0.2) is 0 Å². The van der Waals surface area contributed by atoms with Gasteiger partial charge in [0.1, 0.15) is 17.3 Å². The Bertz CT molecular complexity index is 4110. The molecule has 0 spiro atoms. The number of nitrogens with zero attached hydrogens (tertiary/aromatic N) is 4. The van der Waals surface area contributed by atoms with Gasteiger partial charge in [0.05, 0.1) is 33.4 Å². The lowest BCUT2D eigenvalue weighted by atomic mass is 9.88. The highest BCUT2D eigenvalue weighted by atomic mass is 16.5. The van der Waals surface area contributed by atoms with Crippen LogP contribution in [0.25, 0.3) is 106 Å². The van der Waals surface area contributed by atoms with E-state index in [0.29, 0.717) is 11.5 Å². The second-order valence-corrected chi connectivity index (χ2v) is 20.2. The summed E-state index contributed by atoms with van der Waals surface area (Å²) in [6.07, 6.45) is 5.86. The minimum absolute atomic E-state index is 0.0485. The van der Waals surface area contributed by atoms with E-state index in [1.807, 2.05) is 6.20 Å². The van der Waals surface area contributed by atoms with Crippen molar-refractivity contribution in [2.45, 2.75) is 26.2 Å². The Hall–Kier alpha value is -9.58. The number of hydrogen-bond donors (Lipinski definition) is 0. The van der Waals surface area contributed by atoms with Gasteiger partial charge in [0.2, 0.25) is 0 Å². The van der Waals surface area contributed by atoms with Crippen molar-refractivity contribution in [3.05, 3.63) is 273 Å². The molecular weight excluding hydrogens is 913 g/mol. The number of imidazole rings is 1. The zero-order chi connectivity index (χ0) is 50.5. The van der Waals surface area contributed by atoms with E-state index >= 15 is 0 Å². The van der Waals surface area contributed by atoms with Crippen molar-refractivity contribution in [2.75, 3.05) is 0 Å². The van der Waals surface area contributed by atoms with Crippen molar-refractivity contribution in [1.29, 1.82) is 0 Å². The molecule has 3 heterocycles. The van der Waals surface area contributed by atoms with Crippen LogP contribution in [-0.4, -0.2) is 14.1 Å². The number of ether oxygens (including phenoxy) is 1. The molecule has 0 bridgehead atoms. The molecule has 3 aromatic heterocycles. The molecule has 10 aromatic carbocycles. The zero-order valence-electron chi connectivity index (χ0n) is 42.0. The maximum Gasteiger partial charge on any atom is 0.269 e. The third-order valence-corrected chi connectivity index (χ3v) is 14.3. The Morgan fingerprint density at radius 2 is 0.947 bits per heavy atom. The highest BCUT2D eigenvalue weighted by Gasteiger charge is 2.22. The van der Waals surface area contributed by atoms with E-state index in [1.165, 1.54) is 5.56 Å². The molecule has 13 aromatic rings. The second kappa shape index (κ2) is 18.8. The molecule has 0 radical (unpaired) electrons. The normalized spacial score (nSPS) is 11.7. The lowest BCUT2D eigenvalue weighted by molar-refractivity contribution is -0.571. The molecule has 0 N–H and O–H groups in total. The number of pyridine rings is 1. The summed E-state index contributed by atoms with van der Waals surface area (Å²) in [5.41, 5.74) is 18.3. The molecule has 75 heavy (non-hydrogen) atoms. The van der Waals surface area contributed by atoms with Gasteiger partial charge in [0.25, 0.3) is 6.33 Å². The molecule has 0 fully saturated rings. The topological polar surface area (TPSA) is 35.9 Å². The van der Waals surface area contributed by atoms with Crippen LogP contribution in [0.5, 0.6) is 11.5 Å². The number of para-hydroxylation sites is 4. The number of rotatable bonds is 10. The predicted octanol–water partition coefficient (Wildman–Crippen LogP) is 17.6.